The molecule has 0 bridgehead atoms. The maximum absolute atomic E-state index is 12.1. The summed E-state index contributed by atoms with van der Waals surface area (Å²) >= 11 is 1.36. The van der Waals surface area contributed by atoms with Crippen LogP contribution in [0.3, 0.4) is 0 Å². The maximum Gasteiger partial charge on any atom is 0.304 e. The number of rotatable bonds is 7. The second kappa shape index (κ2) is 7.84. The van der Waals surface area contributed by atoms with Crippen LogP contribution in [0.4, 0.5) is 5.69 Å². The van der Waals surface area contributed by atoms with Crippen molar-refractivity contribution in [3.05, 3.63) is 29.8 Å². The van der Waals surface area contributed by atoms with E-state index in [4.69, 9.17) is 5.11 Å². The lowest BCUT2D eigenvalue weighted by Crippen LogP contribution is -2.32. The van der Waals surface area contributed by atoms with Crippen molar-refractivity contribution < 1.29 is 14.7 Å². The predicted octanol–water partition coefficient (Wildman–Crippen LogP) is 2.56. The third-order valence-corrected chi connectivity index (χ3v) is 3.65. The zero-order valence-electron chi connectivity index (χ0n) is 11.3. The van der Waals surface area contributed by atoms with Gasteiger partial charge in [0, 0.05) is 18.0 Å². The minimum Gasteiger partial charge on any atom is -0.481 e. The van der Waals surface area contributed by atoms with Crippen molar-refractivity contribution in [2.45, 2.75) is 20.3 Å². The van der Waals surface area contributed by atoms with Crippen LogP contribution in [0.2, 0.25) is 0 Å². The molecule has 0 spiro atoms. The Bertz CT molecular complexity index is 448. The number of anilines is 1. The molecule has 5 heteroatoms. The largest absolute Gasteiger partial charge is 0.481 e. The van der Waals surface area contributed by atoms with Crippen molar-refractivity contribution in [1.29, 1.82) is 0 Å². The number of para-hydroxylation sites is 1. The van der Waals surface area contributed by atoms with Gasteiger partial charge in [-0.25, -0.2) is 0 Å². The van der Waals surface area contributed by atoms with Gasteiger partial charge in [0.2, 0.25) is 5.91 Å². The highest BCUT2D eigenvalue weighted by Crippen LogP contribution is 2.20. The number of carboxylic acid groups (broad SMARTS) is 1. The number of benzene rings is 1. The standard InChI is InChI=1S/C14H19NO3S/c1-3-15(12-7-5-4-6-11(12)2)13(16)10-19-9-8-14(17)18/h4-7H,3,8-10H2,1-2H3,(H,17,18). The Hall–Kier alpha value is -1.49. The summed E-state index contributed by atoms with van der Waals surface area (Å²) in [6, 6.07) is 7.76. The van der Waals surface area contributed by atoms with Gasteiger partial charge in [0.1, 0.15) is 0 Å². The molecule has 0 aliphatic heterocycles. The first-order chi connectivity index (χ1) is 9.06. The number of nitrogens with zero attached hydrogens (tertiary/aromatic N) is 1. The third kappa shape index (κ3) is 4.95. The molecule has 0 aromatic heterocycles. The van der Waals surface area contributed by atoms with Gasteiger partial charge in [0.05, 0.1) is 12.2 Å². The number of carboxylic acids is 1. The number of thioether (sulfide) groups is 1. The van der Waals surface area contributed by atoms with E-state index in [9.17, 15) is 9.59 Å². The van der Waals surface area contributed by atoms with Gasteiger partial charge >= 0.3 is 5.97 Å². The van der Waals surface area contributed by atoms with E-state index in [1.54, 1.807) is 4.90 Å². The molecule has 1 rings (SSSR count). The van der Waals surface area contributed by atoms with Gasteiger partial charge in [0.25, 0.3) is 0 Å². The Morgan fingerprint density at radius 3 is 2.58 bits per heavy atom. The molecular weight excluding hydrogens is 262 g/mol. The van der Waals surface area contributed by atoms with Gasteiger partial charge in [-0.3, -0.25) is 9.59 Å². The summed E-state index contributed by atoms with van der Waals surface area (Å²) in [5, 5.41) is 8.54. The van der Waals surface area contributed by atoms with E-state index in [0.29, 0.717) is 18.1 Å². The molecule has 1 N–H and O–H groups in total. The second-order valence-corrected chi connectivity index (χ2v) is 5.23. The van der Waals surface area contributed by atoms with Crippen LogP contribution in [-0.2, 0) is 9.59 Å². The van der Waals surface area contributed by atoms with Crippen LogP contribution in [-0.4, -0.2) is 35.0 Å². The van der Waals surface area contributed by atoms with Crippen molar-refractivity contribution in [3.63, 3.8) is 0 Å². The first-order valence-corrected chi connectivity index (χ1v) is 7.37. The summed E-state index contributed by atoms with van der Waals surface area (Å²) in [4.78, 5) is 24.3. The molecular formula is C14H19NO3S. The van der Waals surface area contributed by atoms with Gasteiger partial charge in [-0.05, 0) is 25.5 Å². The zero-order chi connectivity index (χ0) is 14.3. The number of amides is 1. The van der Waals surface area contributed by atoms with E-state index < -0.39 is 5.97 Å². The Balaban J connectivity index is 2.58. The molecule has 0 fully saturated rings. The molecule has 0 radical (unpaired) electrons. The van der Waals surface area contributed by atoms with Crippen LogP contribution in [0.25, 0.3) is 0 Å². The lowest BCUT2D eigenvalue weighted by molar-refractivity contribution is -0.136. The number of carbonyl (C=O) groups is 2. The van der Waals surface area contributed by atoms with Gasteiger partial charge in [-0.1, -0.05) is 18.2 Å². The Kier molecular flexibility index (Phi) is 6.42. The van der Waals surface area contributed by atoms with Crippen LogP contribution in [0.15, 0.2) is 24.3 Å². The van der Waals surface area contributed by atoms with Gasteiger partial charge < -0.3 is 10.0 Å². The fraction of sp³-hybridized carbons (Fsp3) is 0.429. The molecule has 0 saturated heterocycles. The summed E-state index contributed by atoms with van der Waals surface area (Å²) in [6.45, 7) is 4.53. The Morgan fingerprint density at radius 2 is 2.00 bits per heavy atom. The van der Waals surface area contributed by atoms with E-state index in [0.717, 1.165) is 11.3 Å². The van der Waals surface area contributed by atoms with Crippen LogP contribution in [0.1, 0.15) is 18.9 Å². The lowest BCUT2D eigenvalue weighted by atomic mass is 10.2. The maximum atomic E-state index is 12.1. The number of aryl methyl sites for hydroxylation is 1. The van der Waals surface area contributed by atoms with E-state index in [1.807, 2.05) is 38.1 Å². The zero-order valence-corrected chi connectivity index (χ0v) is 12.1. The van der Waals surface area contributed by atoms with Crippen molar-refractivity contribution >= 4 is 29.3 Å². The minimum absolute atomic E-state index is 0.0205. The van der Waals surface area contributed by atoms with Gasteiger partial charge in [-0.2, -0.15) is 11.8 Å². The summed E-state index contributed by atoms with van der Waals surface area (Å²) in [5.41, 5.74) is 1.99. The number of aliphatic carboxylic acids is 1. The SMILES string of the molecule is CCN(C(=O)CSCCC(=O)O)c1ccccc1C. The van der Waals surface area contributed by atoms with Gasteiger partial charge in [-0.15, -0.1) is 0 Å². The highest BCUT2D eigenvalue weighted by molar-refractivity contribution is 7.99. The minimum atomic E-state index is -0.828. The smallest absolute Gasteiger partial charge is 0.304 e. The van der Waals surface area contributed by atoms with Gasteiger partial charge in [0.15, 0.2) is 0 Å². The van der Waals surface area contributed by atoms with E-state index in [1.165, 1.54) is 11.8 Å². The molecule has 19 heavy (non-hydrogen) atoms. The monoisotopic (exact) mass is 281 g/mol. The summed E-state index contributed by atoms with van der Waals surface area (Å²) in [5.74, 6) is -0.0274. The summed E-state index contributed by atoms with van der Waals surface area (Å²) in [6.07, 6.45) is 0.0917. The first kappa shape index (κ1) is 15.6. The highest BCUT2D eigenvalue weighted by atomic mass is 32.2. The topological polar surface area (TPSA) is 57.6 Å². The quantitative estimate of drug-likeness (QED) is 0.780. The average Bonchev–Trinajstić information content (AvgIpc) is 2.37. The van der Waals surface area contributed by atoms with Crippen molar-refractivity contribution in [1.82, 2.24) is 0 Å². The van der Waals surface area contributed by atoms with Crippen LogP contribution < -0.4 is 4.90 Å². The highest BCUT2D eigenvalue weighted by Gasteiger charge is 2.15. The lowest BCUT2D eigenvalue weighted by Gasteiger charge is -2.22. The second-order valence-electron chi connectivity index (χ2n) is 4.12. The molecule has 4 nitrogen and oxygen atoms in total. The predicted molar refractivity (Wildman–Crippen MR) is 78.8 cm³/mol. The van der Waals surface area contributed by atoms with E-state index >= 15 is 0 Å². The third-order valence-electron chi connectivity index (χ3n) is 2.71. The van der Waals surface area contributed by atoms with Crippen molar-refractivity contribution in [2.75, 3.05) is 23.0 Å². The first-order valence-electron chi connectivity index (χ1n) is 6.21. The Labute approximate surface area is 117 Å². The number of hydrogen-bond donors (Lipinski definition) is 1. The molecule has 1 aromatic carbocycles. The molecule has 0 atom stereocenters. The molecule has 0 aliphatic carbocycles. The molecule has 1 amide bonds. The van der Waals surface area contributed by atoms with Crippen molar-refractivity contribution in [3.8, 4) is 0 Å². The van der Waals surface area contributed by atoms with Crippen LogP contribution >= 0.6 is 11.8 Å². The number of hydrogen-bond acceptors (Lipinski definition) is 3. The van der Waals surface area contributed by atoms with E-state index in [-0.39, 0.29) is 12.3 Å². The fourth-order valence-electron chi connectivity index (χ4n) is 1.74. The molecule has 104 valence electrons. The summed E-state index contributed by atoms with van der Waals surface area (Å²) in [7, 11) is 0. The fourth-order valence-corrected chi connectivity index (χ4v) is 2.54. The number of carbonyl (C=O) groups excluding carboxylic acids is 1. The van der Waals surface area contributed by atoms with Crippen LogP contribution in [0.5, 0.6) is 0 Å². The molecule has 0 saturated carbocycles. The Morgan fingerprint density at radius 1 is 1.32 bits per heavy atom. The van der Waals surface area contributed by atoms with Crippen LogP contribution in [0, 0.1) is 6.92 Å². The molecule has 0 unspecified atom stereocenters. The molecule has 0 heterocycles. The van der Waals surface area contributed by atoms with E-state index in [2.05, 4.69) is 0 Å². The summed E-state index contributed by atoms with van der Waals surface area (Å²) < 4.78 is 0. The molecule has 1 aromatic rings. The van der Waals surface area contributed by atoms with Crippen molar-refractivity contribution in [2.24, 2.45) is 0 Å². The normalized spacial score (nSPS) is 10.2. The molecule has 0 aliphatic rings. The average molecular weight is 281 g/mol.